The fourth-order valence-corrected chi connectivity index (χ4v) is 5.37. The van der Waals surface area contributed by atoms with Crippen LogP contribution in [-0.4, -0.2) is 48.7 Å². The zero-order valence-electron chi connectivity index (χ0n) is 18.5. The fourth-order valence-electron chi connectivity index (χ4n) is 4.47. The number of carbonyl (C=O) groups is 1. The minimum absolute atomic E-state index is 0.146. The van der Waals surface area contributed by atoms with Gasteiger partial charge in [-0.25, -0.2) is 4.79 Å². The summed E-state index contributed by atoms with van der Waals surface area (Å²) in [6.45, 7) is 5.33. The molecule has 5 nitrogen and oxygen atoms in total. The molecule has 6 heteroatoms. The molecule has 2 aromatic carbocycles. The number of ether oxygens (including phenoxy) is 1. The number of aliphatic hydroxyl groups is 1. The van der Waals surface area contributed by atoms with Crippen molar-refractivity contribution in [1.29, 1.82) is 0 Å². The van der Waals surface area contributed by atoms with E-state index in [4.69, 9.17) is 4.74 Å². The number of rotatable bonds is 9. The van der Waals surface area contributed by atoms with Crippen molar-refractivity contribution in [2.75, 3.05) is 32.7 Å². The number of esters is 1. The predicted molar refractivity (Wildman–Crippen MR) is 129 cm³/mol. The van der Waals surface area contributed by atoms with Crippen molar-refractivity contribution in [1.82, 2.24) is 10.2 Å². The van der Waals surface area contributed by atoms with E-state index in [1.807, 2.05) is 60.7 Å². The van der Waals surface area contributed by atoms with Crippen LogP contribution in [0.2, 0.25) is 0 Å². The van der Waals surface area contributed by atoms with Crippen molar-refractivity contribution in [3.63, 3.8) is 0 Å². The van der Waals surface area contributed by atoms with E-state index >= 15 is 0 Å². The van der Waals surface area contributed by atoms with Crippen LogP contribution in [0.4, 0.5) is 0 Å². The molecule has 0 spiro atoms. The van der Waals surface area contributed by atoms with Crippen LogP contribution in [0.25, 0.3) is 0 Å². The van der Waals surface area contributed by atoms with E-state index in [0.29, 0.717) is 23.5 Å². The molecule has 2 aliphatic heterocycles. The number of aliphatic hydroxyl groups excluding tert-OH is 1. The van der Waals surface area contributed by atoms with Gasteiger partial charge in [0.05, 0.1) is 6.42 Å². The number of cyclic esters (lactones) is 1. The summed E-state index contributed by atoms with van der Waals surface area (Å²) in [5, 5.41) is 14.3. The number of nitrogens with one attached hydrogen (secondary N) is 1. The third kappa shape index (κ3) is 5.74. The van der Waals surface area contributed by atoms with Gasteiger partial charge in [-0.1, -0.05) is 60.7 Å². The van der Waals surface area contributed by atoms with Crippen molar-refractivity contribution < 1.29 is 14.6 Å². The molecular formula is C26H32N2O3S. The van der Waals surface area contributed by atoms with Crippen LogP contribution in [0.1, 0.15) is 36.8 Å². The van der Waals surface area contributed by atoms with Gasteiger partial charge >= 0.3 is 5.97 Å². The molecule has 0 bridgehead atoms. The fraction of sp³-hybridized carbons (Fsp3) is 0.423. The Bertz CT molecular complexity index is 913. The molecule has 1 saturated heterocycles. The summed E-state index contributed by atoms with van der Waals surface area (Å²) in [5.41, 5.74) is 1.26. The average molecular weight is 453 g/mol. The number of unbranched alkanes of at least 4 members (excludes halogenated alkanes) is 1. The third-order valence-electron chi connectivity index (χ3n) is 6.23. The van der Waals surface area contributed by atoms with Crippen LogP contribution in [-0.2, 0) is 20.9 Å². The highest BCUT2D eigenvalue weighted by Crippen LogP contribution is 2.44. The van der Waals surface area contributed by atoms with Crippen molar-refractivity contribution >= 4 is 17.7 Å². The first-order chi connectivity index (χ1) is 15.7. The number of hydrogen-bond donors (Lipinski definition) is 2. The summed E-state index contributed by atoms with van der Waals surface area (Å²) in [7, 11) is 0. The lowest BCUT2D eigenvalue weighted by Crippen LogP contribution is -2.43. The highest BCUT2D eigenvalue weighted by atomic mass is 32.2. The summed E-state index contributed by atoms with van der Waals surface area (Å²) >= 11 is 1.35. The quantitative estimate of drug-likeness (QED) is 0.428. The molecule has 2 aliphatic rings. The van der Waals surface area contributed by atoms with Crippen LogP contribution in [0.15, 0.2) is 71.3 Å². The highest BCUT2D eigenvalue weighted by molar-refractivity contribution is 8.03. The molecular weight excluding hydrogens is 420 g/mol. The van der Waals surface area contributed by atoms with Crippen molar-refractivity contribution in [3.8, 4) is 0 Å². The molecule has 0 amide bonds. The van der Waals surface area contributed by atoms with Gasteiger partial charge in [0.1, 0.15) is 16.3 Å². The van der Waals surface area contributed by atoms with Gasteiger partial charge in [0, 0.05) is 31.9 Å². The molecule has 1 fully saturated rings. The van der Waals surface area contributed by atoms with E-state index in [-0.39, 0.29) is 5.76 Å². The summed E-state index contributed by atoms with van der Waals surface area (Å²) in [6.07, 6.45) is 3.02. The molecule has 32 heavy (non-hydrogen) atoms. The number of carbonyl (C=O) groups excluding carboxylic acids is 1. The summed E-state index contributed by atoms with van der Waals surface area (Å²) < 4.78 is 6.12. The van der Waals surface area contributed by atoms with Gasteiger partial charge in [0.25, 0.3) is 0 Å². The molecule has 2 N–H and O–H groups in total. The molecule has 2 heterocycles. The first-order valence-electron chi connectivity index (χ1n) is 11.5. The molecule has 0 saturated carbocycles. The van der Waals surface area contributed by atoms with Gasteiger partial charge in [-0.15, -0.1) is 11.8 Å². The summed E-state index contributed by atoms with van der Waals surface area (Å²) in [5.74, 6) is 0.354. The van der Waals surface area contributed by atoms with E-state index in [9.17, 15) is 9.90 Å². The van der Waals surface area contributed by atoms with Gasteiger partial charge in [-0.2, -0.15) is 0 Å². The van der Waals surface area contributed by atoms with Gasteiger partial charge in [0.15, 0.2) is 0 Å². The summed E-state index contributed by atoms with van der Waals surface area (Å²) in [4.78, 5) is 15.8. The second kappa shape index (κ2) is 11.0. The van der Waals surface area contributed by atoms with Gasteiger partial charge in [0.2, 0.25) is 0 Å². The Morgan fingerprint density at radius 1 is 1.00 bits per heavy atom. The number of piperazine rings is 1. The molecule has 0 aromatic heterocycles. The number of thioether (sulfide) groups is 1. The topological polar surface area (TPSA) is 61.8 Å². The van der Waals surface area contributed by atoms with Crippen LogP contribution < -0.4 is 5.32 Å². The predicted octanol–water partition coefficient (Wildman–Crippen LogP) is 4.61. The number of nitrogens with zero attached hydrogens (tertiary/aromatic N) is 1. The van der Waals surface area contributed by atoms with E-state index < -0.39 is 11.6 Å². The maximum absolute atomic E-state index is 13.0. The largest absolute Gasteiger partial charge is 0.511 e. The van der Waals surface area contributed by atoms with Crippen molar-refractivity contribution in [3.05, 3.63) is 82.5 Å². The second-order valence-corrected chi connectivity index (χ2v) is 9.51. The number of hydrogen-bond acceptors (Lipinski definition) is 6. The Hall–Kier alpha value is -2.28. The van der Waals surface area contributed by atoms with E-state index in [2.05, 4.69) is 10.2 Å². The minimum Gasteiger partial charge on any atom is -0.511 e. The SMILES string of the molecule is O=C1OC(CCCCN2CCNCC2)(c2ccccc2)CC(O)=C1SCc1ccccc1. The third-order valence-corrected chi connectivity index (χ3v) is 7.40. The monoisotopic (exact) mass is 452 g/mol. The Morgan fingerprint density at radius 3 is 2.38 bits per heavy atom. The van der Waals surface area contributed by atoms with Gasteiger partial charge in [-0.3, -0.25) is 0 Å². The Labute approximate surface area is 194 Å². The van der Waals surface area contributed by atoms with Crippen molar-refractivity contribution in [2.24, 2.45) is 0 Å². The summed E-state index contributed by atoms with van der Waals surface area (Å²) in [6, 6.07) is 19.8. The molecule has 4 rings (SSSR count). The highest BCUT2D eigenvalue weighted by Gasteiger charge is 2.43. The normalized spacial score (nSPS) is 22.1. The molecule has 1 unspecified atom stereocenters. The number of benzene rings is 2. The van der Waals surface area contributed by atoms with Crippen LogP contribution in [0.3, 0.4) is 0 Å². The van der Waals surface area contributed by atoms with Gasteiger partial charge in [-0.05, 0) is 36.9 Å². The minimum atomic E-state index is -0.803. The molecule has 1 atom stereocenters. The molecule has 0 aliphatic carbocycles. The average Bonchev–Trinajstić information content (AvgIpc) is 2.83. The Balaban J connectivity index is 1.44. The molecule has 170 valence electrons. The zero-order valence-corrected chi connectivity index (χ0v) is 19.3. The first-order valence-corrected chi connectivity index (χ1v) is 12.5. The smallest absolute Gasteiger partial charge is 0.348 e. The Kier molecular flexibility index (Phi) is 7.90. The van der Waals surface area contributed by atoms with Crippen LogP contribution >= 0.6 is 11.8 Å². The van der Waals surface area contributed by atoms with Crippen LogP contribution in [0.5, 0.6) is 0 Å². The van der Waals surface area contributed by atoms with Crippen molar-refractivity contribution in [2.45, 2.75) is 37.0 Å². The van der Waals surface area contributed by atoms with E-state index in [0.717, 1.165) is 56.7 Å². The maximum atomic E-state index is 13.0. The van der Waals surface area contributed by atoms with E-state index in [1.54, 1.807) is 0 Å². The maximum Gasteiger partial charge on any atom is 0.348 e. The lowest BCUT2D eigenvalue weighted by atomic mass is 9.83. The first kappa shape index (κ1) is 22.9. The van der Waals surface area contributed by atoms with Gasteiger partial charge < -0.3 is 20.1 Å². The molecule has 2 aromatic rings. The molecule has 0 radical (unpaired) electrons. The lowest BCUT2D eigenvalue weighted by Gasteiger charge is -2.38. The Morgan fingerprint density at radius 2 is 1.69 bits per heavy atom. The lowest BCUT2D eigenvalue weighted by molar-refractivity contribution is -0.160. The van der Waals surface area contributed by atoms with Crippen LogP contribution in [0, 0.1) is 0 Å². The van der Waals surface area contributed by atoms with E-state index in [1.165, 1.54) is 11.8 Å². The zero-order chi connectivity index (χ0) is 22.2. The standard InChI is InChI=1S/C26H32N2O3S/c29-23-19-26(22-11-5-2-6-12-22,13-7-8-16-28-17-14-27-15-18-28)31-25(30)24(23)32-20-21-9-3-1-4-10-21/h1-6,9-12,27,29H,7-8,13-20H2. The second-order valence-electron chi connectivity index (χ2n) is 8.53.